The third-order valence-electron chi connectivity index (χ3n) is 4.30. The number of amides is 1. The summed E-state index contributed by atoms with van der Waals surface area (Å²) in [6.07, 6.45) is 0.857. The molecule has 0 bridgehead atoms. The summed E-state index contributed by atoms with van der Waals surface area (Å²) >= 11 is 1.16. The molecule has 142 valence electrons. The third-order valence-corrected chi connectivity index (χ3v) is 7.21. The van der Waals surface area contributed by atoms with Crippen LogP contribution in [0.3, 0.4) is 0 Å². The van der Waals surface area contributed by atoms with Crippen LogP contribution in [-0.4, -0.2) is 61.5 Å². The molecule has 3 heterocycles. The number of β-lactam (4-membered cyclic amide) rings is 1. The zero-order chi connectivity index (χ0) is 19.6. The van der Waals surface area contributed by atoms with Crippen LogP contribution in [0.1, 0.15) is 19.4 Å². The van der Waals surface area contributed by atoms with Crippen LogP contribution in [0.2, 0.25) is 0 Å². The van der Waals surface area contributed by atoms with Gasteiger partial charge in [-0.2, -0.15) is 17.1 Å². The minimum absolute atomic E-state index is 0.00106. The highest BCUT2D eigenvalue weighted by Crippen LogP contribution is 2.50. The maximum absolute atomic E-state index is 12.5. The number of fused-ring (bicyclic) bond motifs is 1. The number of aromatic amines is 1. The molecule has 3 rings (SSSR count). The van der Waals surface area contributed by atoms with Crippen molar-refractivity contribution in [2.24, 2.45) is 0 Å². The van der Waals surface area contributed by atoms with Crippen molar-refractivity contribution >= 4 is 33.8 Å². The van der Waals surface area contributed by atoms with Crippen molar-refractivity contribution in [3.05, 3.63) is 32.6 Å². The molecule has 0 saturated carbocycles. The lowest BCUT2D eigenvalue weighted by Gasteiger charge is -2.43. The smallest absolute Gasteiger partial charge is 0.343 e. The largest absolute Gasteiger partial charge is 0.480 e. The van der Waals surface area contributed by atoms with Gasteiger partial charge in [0.15, 0.2) is 0 Å². The number of rotatable bonds is 4. The van der Waals surface area contributed by atoms with Crippen molar-refractivity contribution < 1.29 is 23.1 Å². The number of hydrogen-bond acceptors (Lipinski definition) is 7. The van der Waals surface area contributed by atoms with Gasteiger partial charge in [0.05, 0.1) is 0 Å². The molecule has 11 nitrogen and oxygen atoms in total. The molecular formula is C13H16N4O7S2. The fourth-order valence-corrected chi connectivity index (χ4v) is 6.00. The highest BCUT2D eigenvalue weighted by atomic mass is 32.2. The quantitative estimate of drug-likeness (QED) is 0.488. The van der Waals surface area contributed by atoms with E-state index >= 15 is 0 Å². The minimum Gasteiger partial charge on any atom is -0.480 e. The number of nitrogens with zero attached hydrogens (tertiary/aromatic N) is 2. The number of nitrogens with one attached hydrogen (secondary N) is 2. The fraction of sp³-hybridized carbons (Fsp3) is 0.538. The summed E-state index contributed by atoms with van der Waals surface area (Å²) in [6.45, 7) is 4.64. The Bertz CT molecular complexity index is 1030. The minimum atomic E-state index is -4.46. The molecule has 13 heteroatoms. The molecule has 0 aromatic carbocycles. The molecule has 1 amide bonds. The van der Waals surface area contributed by atoms with Gasteiger partial charge >= 0.3 is 21.9 Å². The summed E-state index contributed by atoms with van der Waals surface area (Å²) in [5, 5.41) is 8.65. The molecule has 0 aliphatic carbocycles. The van der Waals surface area contributed by atoms with Crippen molar-refractivity contribution in [2.75, 3.05) is 0 Å². The van der Waals surface area contributed by atoms with Crippen molar-refractivity contribution in [2.45, 2.75) is 43.0 Å². The molecule has 3 atom stereocenters. The lowest BCUT2D eigenvalue weighted by Crippen LogP contribution is -2.71. The van der Waals surface area contributed by atoms with Gasteiger partial charge in [-0.15, -0.1) is 11.8 Å². The number of aromatic nitrogens is 2. The molecule has 2 fully saturated rings. The second-order valence-corrected chi connectivity index (χ2v) is 9.92. The van der Waals surface area contributed by atoms with E-state index in [9.17, 15) is 32.7 Å². The first-order valence-corrected chi connectivity index (χ1v) is 9.77. The Balaban J connectivity index is 1.91. The monoisotopic (exact) mass is 404 g/mol. The summed E-state index contributed by atoms with van der Waals surface area (Å²) in [7, 11) is -4.46. The lowest BCUT2D eigenvalue weighted by atomic mass is 9.96. The summed E-state index contributed by atoms with van der Waals surface area (Å²) in [5.41, 5.74) is -1.89. The number of aryl methyl sites for hydroxylation is 1. The number of carboxylic acid groups (broad SMARTS) is 1. The first kappa shape index (κ1) is 18.7. The standard InChI is InChI=1S/C13H16N4O7S2/c1-5-4-16(12(22)14-8(5)18)26(23,24)15-6-9(19)17-7(11(20)21)13(2,3)25-10(6)17/h4,6-7,10,15H,1-3H3,(H,20,21)(H,14,18,22)/t6-,7?,10?/m1/s1. The van der Waals surface area contributed by atoms with Crippen LogP contribution < -0.4 is 16.0 Å². The Morgan fingerprint density at radius 2 is 1.96 bits per heavy atom. The first-order chi connectivity index (χ1) is 11.9. The molecule has 2 saturated heterocycles. The zero-order valence-electron chi connectivity index (χ0n) is 13.9. The van der Waals surface area contributed by atoms with E-state index in [2.05, 4.69) is 4.72 Å². The van der Waals surface area contributed by atoms with E-state index in [1.807, 2.05) is 4.98 Å². The molecule has 0 spiro atoms. The van der Waals surface area contributed by atoms with E-state index in [0.29, 0.717) is 3.97 Å². The number of thioether (sulfide) groups is 1. The van der Waals surface area contributed by atoms with Gasteiger partial charge in [-0.25, -0.2) is 9.59 Å². The molecular weight excluding hydrogens is 388 g/mol. The first-order valence-electron chi connectivity index (χ1n) is 7.45. The molecule has 0 radical (unpaired) electrons. The van der Waals surface area contributed by atoms with Crippen LogP contribution in [0.4, 0.5) is 0 Å². The second-order valence-electron chi connectivity index (χ2n) is 6.57. The molecule has 3 N–H and O–H groups in total. The number of hydrogen-bond donors (Lipinski definition) is 3. The molecule has 1 aromatic rings. The van der Waals surface area contributed by atoms with E-state index in [1.165, 1.54) is 6.92 Å². The maximum Gasteiger partial charge on any atom is 0.343 e. The molecule has 2 aliphatic rings. The Morgan fingerprint density at radius 1 is 1.35 bits per heavy atom. The lowest BCUT2D eigenvalue weighted by molar-refractivity contribution is -0.159. The summed E-state index contributed by atoms with van der Waals surface area (Å²) in [6, 6.07) is -2.28. The molecule has 1 aromatic heterocycles. The maximum atomic E-state index is 12.5. The molecule has 26 heavy (non-hydrogen) atoms. The average molecular weight is 404 g/mol. The van der Waals surface area contributed by atoms with Crippen LogP contribution in [0, 0.1) is 6.92 Å². The Morgan fingerprint density at radius 3 is 2.54 bits per heavy atom. The van der Waals surface area contributed by atoms with E-state index in [-0.39, 0.29) is 5.56 Å². The number of carbonyl (C=O) groups is 2. The Kier molecular flexibility index (Phi) is 4.08. The van der Waals surface area contributed by atoms with Gasteiger partial charge in [0.2, 0.25) is 5.91 Å². The van der Waals surface area contributed by atoms with E-state index in [0.717, 1.165) is 22.9 Å². The topological polar surface area (TPSA) is 159 Å². The average Bonchev–Trinajstić information content (AvgIpc) is 2.77. The predicted molar refractivity (Wildman–Crippen MR) is 91.0 cm³/mol. The third kappa shape index (κ3) is 2.66. The summed E-state index contributed by atoms with van der Waals surface area (Å²) < 4.78 is 26.5. The van der Waals surface area contributed by atoms with Gasteiger partial charge in [0.1, 0.15) is 17.5 Å². The van der Waals surface area contributed by atoms with Crippen LogP contribution in [0.5, 0.6) is 0 Å². The Hall–Kier alpha value is -2.12. The summed E-state index contributed by atoms with van der Waals surface area (Å²) in [5.74, 6) is -1.86. The van der Waals surface area contributed by atoms with E-state index in [1.54, 1.807) is 13.8 Å². The number of H-pyrrole nitrogens is 1. The second kappa shape index (κ2) is 5.69. The van der Waals surface area contributed by atoms with Crippen LogP contribution in [0.25, 0.3) is 0 Å². The highest BCUT2D eigenvalue weighted by Gasteiger charge is 2.64. The van der Waals surface area contributed by atoms with Crippen LogP contribution in [-0.2, 0) is 19.8 Å². The van der Waals surface area contributed by atoms with Gasteiger partial charge in [0.25, 0.3) is 5.56 Å². The highest BCUT2D eigenvalue weighted by molar-refractivity contribution is 8.01. The van der Waals surface area contributed by atoms with Crippen molar-refractivity contribution in [3.8, 4) is 0 Å². The summed E-state index contributed by atoms with van der Waals surface area (Å²) in [4.78, 5) is 50.0. The predicted octanol–water partition coefficient (Wildman–Crippen LogP) is -1.96. The number of carboxylic acids is 1. The van der Waals surface area contributed by atoms with Gasteiger partial charge in [-0.05, 0) is 20.8 Å². The van der Waals surface area contributed by atoms with Gasteiger partial charge in [-0.1, -0.05) is 0 Å². The van der Waals surface area contributed by atoms with Crippen LogP contribution >= 0.6 is 11.8 Å². The zero-order valence-corrected chi connectivity index (χ0v) is 15.6. The normalized spacial score (nSPS) is 27.1. The fourth-order valence-electron chi connectivity index (χ4n) is 3.06. The van der Waals surface area contributed by atoms with Gasteiger partial charge in [0, 0.05) is 16.5 Å². The van der Waals surface area contributed by atoms with Gasteiger partial charge in [-0.3, -0.25) is 14.6 Å². The van der Waals surface area contributed by atoms with Crippen molar-refractivity contribution in [3.63, 3.8) is 0 Å². The molecule has 2 aliphatic heterocycles. The van der Waals surface area contributed by atoms with Gasteiger partial charge < -0.3 is 10.0 Å². The number of aliphatic carboxylic acids is 1. The van der Waals surface area contributed by atoms with Crippen LogP contribution in [0.15, 0.2) is 15.8 Å². The van der Waals surface area contributed by atoms with E-state index < -0.39 is 55.5 Å². The number of carbonyl (C=O) groups excluding carboxylic acids is 1. The molecule has 2 unspecified atom stereocenters. The Labute approximate surface area is 151 Å². The van der Waals surface area contributed by atoms with E-state index in [4.69, 9.17) is 0 Å². The van der Waals surface area contributed by atoms with Crippen molar-refractivity contribution in [1.82, 2.24) is 18.6 Å². The SMILES string of the molecule is Cc1cn(S(=O)(=O)N[C@@H]2C(=O)N3C2SC(C)(C)C3C(=O)O)c(=O)[nH]c1=O. The van der Waals surface area contributed by atoms with Crippen molar-refractivity contribution in [1.29, 1.82) is 0 Å².